The molecule has 6 nitrogen and oxygen atoms in total. The summed E-state index contributed by atoms with van der Waals surface area (Å²) in [4.78, 5) is 26.1. The van der Waals surface area contributed by atoms with Crippen LogP contribution in [0.4, 0.5) is 17.1 Å². The quantitative estimate of drug-likeness (QED) is 0.834. The SMILES string of the molecule is COc1ccc(Cl)cc1NC(=O)C(=O)Nc1cccc(N(C)C)c1. The molecule has 2 amide bonds. The first kappa shape index (κ1) is 17.6. The van der Waals surface area contributed by atoms with E-state index in [-0.39, 0.29) is 0 Å². The Balaban J connectivity index is 2.09. The standard InChI is InChI=1S/C17H18ClN3O3/c1-21(2)13-6-4-5-12(10-13)19-16(22)17(23)20-14-9-11(18)7-8-15(14)24-3/h4-10H,1-3H3,(H,19,22)(H,20,23). The average Bonchev–Trinajstić information content (AvgIpc) is 2.55. The van der Waals surface area contributed by atoms with Crippen molar-refractivity contribution in [2.75, 3.05) is 36.7 Å². The third-order valence-electron chi connectivity index (χ3n) is 3.24. The van der Waals surface area contributed by atoms with Crippen LogP contribution >= 0.6 is 11.6 Å². The minimum absolute atomic E-state index is 0.326. The van der Waals surface area contributed by atoms with E-state index in [9.17, 15) is 9.59 Å². The van der Waals surface area contributed by atoms with Gasteiger partial charge in [0.05, 0.1) is 12.8 Å². The van der Waals surface area contributed by atoms with E-state index in [4.69, 9.17) is 16.3 Å². The van der Waals surface area contributed by atoms with E-state index in [1.54, 1.807) is 30.3 Å². The van der Waals surface area contributed by atoms with Gasteiger partial charge in [-0.3, -0.25) is 9.59 Å². The minimum atomic E-state index is -0.814. The van der Waals surface area contributed by atoms with Gasteiger partial charge in [-0.1, -0.05) is 17.7 Å². The van der Waals surface area contributed by atoms with Gasteiger partial charge < -0.3 is 20.3 Å². The molecular formula is C17H18ClN3O3. The van der Waals surface area contributed by atoms with Crippen LogP contribution in [0.3, 0.4) is 0 Å². The summed E-state index contributed by atoms with van der Waals surface area (Å²) in [6, 6.07) is 11.9. The van der Waals surface area contributed by atoms with Crippen molar-refractivity contribution in [2.24, 2.45) is 0 Å². The molecular weight excluding hydrogens is 330 g/mol. The zero-order valence-electron chi connectivity index (χ0n) is 13.6. The summed E-state index contributed by atoms with van der Waals surface area (Å²) < 4.78 is 5.13. The third kappa shape index (κ3) is 4.39. The highest BCUT2D eigenvalue weighted by Crippen LogP contribution is 2.27. The molecule has 0 radical (unpaired) electrons. The molecule has 2 aromatic carbocycles. The number of carbonyl (C=O) groups excluding carboxylic acids is 2. The van der Waals surface area contributed by atoms with Crippen molar-refractivity contribution in [3.63, 3.8) is 0 Å². The molecule has 0 aromatic heterocycles. The van der Waals surface area contributed by atoms with Crippen molar-refractivity contribution in [1.29, 1.82) is 0 Å². The number of carbonyl (C=O) groups is 2. The summed E-state index contributed by atoms with van der Waals surface area (Å²) in [5.74, 6) is -1.19. The molecule has 0 saturated heterocycles. The average molecular weight is 348 g/mol. The predicted octanol–water partition coefficient (Wildman–Crippen LogP) is 2.99. The van der Waals surface area contributed by atoms with Crippen LogP contribution < -0.4 is 20.3 Å². The lowest BCUT2D eigenvalue weighted by molar-refractivity contribution is -0.133. The van der Waals surface area contributed by atoms with Crippen LogP contribution in [-0.2, 0) is 9.59 Å². The Hall–Kier alpha value is -2.73. The topological polar surface area (TPSA) is 70.7 Å². The van der Waals surface area contributed by atoms with Crippen LogP contribution in [0, 0.1) is 0 Å². The predicted molar refractivity (Wildman–Crippen MR) is 96.0 cm³/mol. The van der Waals surface area contributed by atoms with Crippen LogP contribution in [0.15, 0.2) is 42.5 Å². The Kier molecular flexibility index (Phi) is 5.65. The van der Waals surface area contributed by atoms with Crippen molar-refractivity contribution >= 4 is 40.5 Å². The normalized spacial score (nSPS) is 10.0. The molecule has 2 rings (SSSR count). The summed E-state index contributed by atoms with van der Waals surface area (Å²) in [5.41, 5.74) is 1.76. The molecule has 2 aromatic rings. The molecule has 7 heteroatoms. The van der Waals surface area contributed by atoms with E-state index in [1.165, 1.54) is 13.2 Å². The van der Waals surface area contributed by atoms with Crippen molar-refractivity contribution in [3.05, 3.63) is 47.5 Å². The van der Waals surface area contributed by atoms with Gasteiger partial charge in [0.1, 0.15) is 5.75 Å². The van der Waals surface area contributed by atoms with Gasteiger partial charge >= 0.3 is 11.8 Å². The van der Waals surface area contributed by atoms with Crippen LogP contribution in [0.25, 0.3) is 0 Å². The summed E-state index contributed by atoms with van der Waals surface area (Å²) in [6.07, 6.45) is 0. The fraction of sp³-hybridized carbons (Fsp3) is 0.176. The third-order valence-corrected chi connectivity index (χ3v) is 3.47. The fourth-order valence-corrected chi connectivity index (χ4v) is 2.18. The zero-order valence-corrected chi connectivity index (χ0v) is 14.3. The molecule has 2 N–H and O–H groups in total. The number of methoxy groups -OCH3 is 1. The van der Waals surface area contributed by atoms with Gasteiger partial charge in [-0.05, 0) is 36.4 Å². The number of hydrogen-bond donors (Lipinski definition) is 2. The van der Waals surface area contributed by atoms with Gasteiger partial charge in [0, 0.05) is 30.5 Å². The molecule has 0 aliphatic rings. The van der Waals surface area contributed by atoms with Crippen molar-refractivity contribution < 1.29 is 14.3 Å². The van der Waals surface area contributed by atoms with Gasteiger partial charge in [-0.2, -0.15) is 0 Å². The van der Waals surface area contributed by atoms with Gasteiger partial charge in [0.15, 0.2) is 0 Å². The minimum Gasteiger partial charge on any atom is -0.495 e. The van der Waals surface area contributed by atoms with Crippen molar-refractivity contribution in [1.82, 2.24) is 0 Å². The number of halogens is 1. The number of nitrogens with zero attached hydrogens (tertiary/aromatic N) is 1. The summed E-state index contributed by atoms with van der Waals surface area (Å²) in [7, 11) is 5.24. The molecule has 0 heterocycles. The summed E-state index contributed by atoms with van der Waals surface area (Å²) >= 11 is 5.90. The zero-order chi connectivity index (χ0) is 17.7. The Morgan fingerprint density at radius 3 is 2.42 bits per heavy atom. The highest BCUT2D eigenvalue weighted by Gasteiger charge is 2.16. The first-order valence-electron chi connectivity index (χ1n) is 7.14. The molecule has 0 aliphatic carbocycles. The number of nitrogens with one attached hydrogen (secondary N) is 2. The Morgan fingerprint density at radius 2 is 1.75 bits per heavy atom. The Morgan fingerprint density at radius 1 is 1.04 bits per heavy atom. The second-order valence-corrected chi connectivity index (χ2v) is 5.63. The van der Waals surface area contributed by atoms with Crippen LogP contribution in [0.5, 0.6) is 5.75 Å². The first-order valence-corrected chi connectivity index (χ1v) is 7.52. The number of rotatable bonds is 4. The maximum absolute atomic E-state index is 12.1. The van der Waals surface area contributed by atoms with Gasteiger partial charge in [-0.25, -0.2) is 0 Å². The van der Waals surface area contributed by atoms with Crippen LogP contribution in [0.1, 0.15) is 0 Å². The molecule has 0 atom stereocenters. The lowest BCUT2D eigenvalue weighted by Gasteiger charge is -2.14. The Bertz CT molecular complexity index is 762. The van der Waals surface area contributed by atoms with Gasteiger partial charge in [0.25, 0.3) is 0 Å². The number of ether oxygens (including phenoxy) is 1. The lowest BCUT2D eigenvalue weighted by atomic mass is 10.2. The largest absolute Gasteiger partial charge is 0.495 e. The molecule has 0 aliphatic heterocycles. The maximum atomic E-state index is 12.1. The molecule has 0 saturated carbocycles. The molecule has 0 bridgehead atoms. The maximum Gasteiger partial charge on any atom is 0.314 e. The highest BCUT2D eigenvalue weighted by atomic mass is 35.5. The lowest BCUT2D eigenvalue weighted by Crippen LogP contribution is -2.29. The highest BCUT2D eigenvalue weighted by molar-refractivity contribution is 6.44. The second kappa shape index (κ2) is 7.70. The first-order chi connectivity index (χ1) is 11.4. The van der Waals surface area contributed by atoms with E-state index < -0.39 is 11.8 Å². The van der Waals surface area contributed by atoms with Crippen molar-refractivity contribution in [2.45, 2.75) is 0 Å². The number of amides is 2. The van der Waals surface area contributed by atoms with E-state index in [0.717, 1.165) is 5.69 Å². The van der Waals surface area contributed by atoms with Gasteiger partial charge in [-0.15, -0.1) is 0 Å². The smallest absolute Gasteiger partial charge is 0.314 e. The molecule has 0 fully saturated rings. The summed E-state index contributed by atoms with van der Waals surface area (Å²) in [6.45, 7) is 0. The number of anilines is 3. The molecule has 24 heavy (non-hydrogen) atoms. The van der Waals surface area contributed by atoms with E-state index in [2.05, 4.69) is 10.6 Å². The van der Waals surface area contributed by atoms with Gasteiger partial charge in [0.2, 0.25) is 0 Å². The van der Waals surface area contributed by atoms with Crippen LogP contribution in [0.2, 0.25) is 5.02 Å². The number of benzene rings is 2. The van der Waals surface area contributed by atoms with E-state index >= 15 is 0 Å². The second-order valence-electron chi connectivity index (χ2n) is 5.20. The monoisotopic (exact) mass is 347 g/mol. The van der Waals surface area contributed by atoms with Crippen LogP contribution in [-0.4, -0.2) is 33.0 Å². The molecule has 0 spiro atoms. The van der Waals surface area contributed by atoms with E-state index in [1.807, 2.05) is 25.1 Å². The molecule has 126 valence electrons. The molecule has 0 unspecified atom stereocenters. The Labute approximate surface area is 145 Å². The number of hydrogen-bond acceptors (Lipinski definition) is 4. The van der Waals surface area contributed by atoms with E-state index in [0.29, 0.717) is 22.1 Å². The summed E-state index contributed by atoms with van der Waals surface area (Å²) in [5, 5.41) is 5.47. The fourth-order valence-electron chi connectivity index (χ4n) is 2.01. The van der Waals surface area contributed by atoms with Crippen molar-refractivity contribution in [3.8, 4) is 5.75 Å².